The lowest BCUT2D eigenvalue weighted by Crippen LogP contribution is -2.66. The van der Waals surface area contributed by atoms with Crippen LogP contribution in [-0.4, -0.2) is 54.0 Å². The zero-order valence-corrected chi connectivity index (χ0v) is 15.4. The molecular weight excluding hydrogens is 328 g/mol. The van der Waals surface area contributed by atoms with E-state index in [1.54, 1.807) is 0 Å². The van der Waals surface area contributed by atoms with E-state index in [0.717, 1.165) is 57.1 Å². The van der Waals surface area contributed by atoms with Gasteiger partial charge in [0.1, 0.15) is 5.69 Å². The second kappa shape index (κ2) is 6.35. The van der Waals surface area contributed by atoms with Gasteiger partial charge in [-0.3, -0.25) is 0 Å². The van der Waals surface area contributed by atoms with E-state index in [1.807, 2.05) is 10.9 Å². The monoisotopic (exact) mass is 354 g/mol. The largest absolute Gasteiger partial charge is 0.380 e. The number of aromatic nitrogens is 3. The standard InChI is InChI=1S/C20H26N4O2/c1-15-8-16(23-11-20(12-23)13-25-14-20)5-6-18(15)19-10-24(22-21-19)9-17-4-2-3-7-26-17/h5-6,8,10,17H,2-4,7,9,11-14H2,1H3/t17-/m1/s1. The van der Waals surface area contributed by atoms with Crippen LogP contribution < -0.4 is 4.90 Å². The van der Waals surface area contributed by atoms with E-state index in [9.17, 15) is 0 Å². The lowest BCUT2D eigenvalue weighted by molar-refractivity contribution is -0.127. The van der Waals surface area contributed by atoms with E-state index in [-0.39, 0.29) is 6.10 Å². The number of aryl methyl sites for hydroxylation is 1. The van der Waals surface area contributed by atoms with Gasteiger partial charge in [0, 0.05) is 30.9 Å². The summed E-state index contributed by atoms with van der Waals surface area (Å²) < 4.78 is 13.1. The van der Waals surface area contributed by atoms with Crippen molar-refractivity contribution in [1.82, 2.24) is 15.0 Å². The van der Waals surface area contributed by atoms with Gasteiger partial charge >= 0.3 is 0 Å². The molecule has 3 saturated heterocycles. The van der Waals surface area contributed by atoms with Crippen LogP contribution in [0.15, 0.2) is 24.4 Å². The van der Waals surface area contributed by atoms with E-state index in [0.29, 0.717) is 5.41 Å². The normalized spacial score (nSPS) is 24.3. The summed E-state index contributed by atoms with van der Waals surface area (Å²) >= 11 is 0. The SMILES string of the molecule is Cc1cc(N2CC3(COC3)C2)ccc1-c1cn(C[C@H]2CCCCO2)nn1. The Bertz CT molecular complexity index is 785. The molecule has 0 bridgehead atoms. The van der Waals surface area contributed by atoms with Gasteiger partial charge in [-0.1, -0.05) is 11.3 Å². The lowest BCUT2D eigenvalue weighted by atomic mass is 9.77. The molecule has 0 aliphatic carbocycles. The fraction of sp³-hybridized carbons (Fsp3) is 0.600. The van der Waals surface area contributed by atoms with E-state index < -0.39 is 0 Å². The van der Waals surface area contributed by atoms with E-state index >= 15 is 0 Å². The van der Waals surface area contributed by atoms with Crippen molar-refractivity contribution in [2.24, 2.45) is 5.41 Å². The lowest BCUT2D eigenvalue weighted by Gasteiger charge is -2.56. The summed E-state index contributed by atoms with van der Waals surface area (Å²) in [6, 6.07) is 6.65. The Morgan fingerprint density at radius 3 is 2.81 bits per heavy atom. The highest BCUT2D eigenvalue weighted by atomic mass is 16.5. The minimum Gasteiger partial charge on any atom is -0.380 e. The second-order valence-electron chi connectivity index (χ2n) is 8.16. The Morgan fingerprint density at radius 1 is 1.23 bits per heavy atom. The van der Waals surface area contributed by atoms with Crippen LogP contribution >= 0.6 is 0 Å². The smallest absolute Gasteiger partial charge is 0.113 e. The van der Waals surface area contributed by atoms with E-state index in [2.05, 4.69) is 40.3 Å². The predicted octanol–water partition coefficient (Wildman–Crippen LogP) is 2.66. The van der Waals surface area contributed by atoms with Crippen LogP contribution in [0.5, 0.6) is 0 Å². The molecule has 3 aliphatic rings. The molecule has 1 atom stereocenters. The van der Waals surface area contributed by atoms with Crippen LogP contribution in [0.25, 0.3) is 11.3 Å². The average Bonchev–Trinajstić information content (AvgIpc) is 3.01. The van der Waals surface area contributed by atoms with Crippen molar-refractivity contribution in [1.29, 1.82) is 0 Å². The number of nitrogens with zero attached hydrogens (tertiary/aromatic N) is 4. The third-order valence-electron chi connectivity index (χ3n) is 5.92. The van der Waals surface area contributed by atoms with Crippen molar-refractivity contribution in [2.45, 2.75) is 38.8 Å². The first-order chi connectivity index (χ1) is 12.7. The van der Waals surface area contributed by atoms with Gasteiger partial charge in [-0.25, -0.2) is 4.68 Å². The van der Waals surface area contributed by atoms with Crippen molar-refractivity contribution in [3.05, 3.63) is 30.0 Å². The minimum atomic E-state index is 0.274. The molecule has 138 valence electrons. The molecule has 1 aromatic heterocycles. The molecule has 1 spiro atoms. The highest BCUT2D eigenvalue weighted by Gasteiger charge is 2.49. The molecule has 3 aliphatic heterocycles. The van der Waals surface area contributed by atoms with Crippen molar-refractivity contribution < 1.29 is 9.47 Å². The summed E-state index contributed by atoms with van der Waals surface area (Å²) in [5.74, 6) is 0. The van der Waals surface area contributed by atoms with Crippen LogP contribution in [0.2, 0.25) is 0 Å². The maximum Gasteiger partial charge on any atom is 0.113 e. The Morgan fingerprint density at radius 2 is 2.12 bits per heavy atom. The van der Waals surface area contributed by atoms with Gasteiger partial charge in [-0.05, 0) is 43.9 Å². The Kier molecular flexibility index (Phi) is 3.98. The molecule has 0 saturated carbocycles. The van der Waals surface area contributed by atoms with Crippen LogP contribution in [0, 0.1) is 12.3 Å². The first kappa shape index (κ1) is 16.3. The molecule has 0 radical (unpaired) electrons. The number of ether oxygens (including phenoxy) is 2. The number of anilines is 1. The van der Waals surface area contributed by atoms with Gasteiger partial charge in [0.15, 0.2) is 0 Å². The zero-order chi connectivity index (χ0) is 17.6. The van der Waals surface area contributed by atoms with Crippen molar-refractivity contribution in [3.8, 4) is 11.3 Å². The Labute approximate surface area is 154 Å². The van der Waals surface area contributed by atoms with Crippen LogP contribution in [0.3, 0.4) is 0 Å². The van der Waals surface area contributed by atoms with E-state index in [1.165, 1.54) is 24.1 Å². The topological polar surface area (TPSA) is 52.4 Å². The maximum absolute atomic E-state index is 5.81. The highest BCUT2D eigenvalue weighted by Crippen LogP contribution is 2.40. The number of benzene rings is 1. The summed E-state index contributed by atoms with van der Waals surface area (Å²) in [5.41, 5.74) is 5.08. The van der Waals surface area contributed by atoms with E-state index in [4.69, 9.17) is 9.47 Å². The molecule has 0 N–H and O–H groups in total. The Balaban J connectivity index is 1.28. The minimum absolute atomic E-state index is 0.274. The van der Waals surface area contributed by atoms with Crippen LogP contribution in [0.1, 0.15) is 24.8 Å². The van der Waals surface area contributed by atoms with Gasteiger partial charge in [0.2, 0.25) is 0 Å². The fourth-order valence-corrected chi connectivity index (χ4v) is 4.32. The molecule has 6 heteroatoms. The molecular formula is C20H26N4O2. The molecule has 0 amide bonds. The van der Waals surface area contributed by atoms with Gasteiger partial charge < -0.3 is 14.4 Å². The third kappa shape index (κ3) is 2.91. The molecule has 26 heavy (non-hydrogen) atoms. The average molecular weight is 354 g/mol. The van der Waals surface area contributed by atoms with Crippen molar-refractivity contribution >= 4 is 5.69 Å². The summed E-state index contributed by atoms with van der Waals surface area (Å²) in [5, 5.41) is 8.71. The molecule has 2 aromatic rings. The quantitative estimate of drug-likeness (QED) is 0.845. The molecule has 6 nitrogen and oxygen atoms in total. The van der Waals surface area contributed by atoms with Gasteiger partial charge in [0.05, 0.1) is 37.5 Å². The Hall–Kier alpha value is -1.92. The first-order valence-electron chi connectivity index (χ1n) is 9.66. The molecule has 5 rings (SSSR count). The number of rotatable bonds is 4. The highest BCUT2D eigenvalue weighted by molar-refractivity contribution is 5.67. The summed E-state index contributed by atoms with van der Waals surface area (Å²) in [6.07, 6.45) is 5.86. The first-order valence-corrected chi connectivity index (χ1v) is 9.66. The van der Waals surface area contributed by atoms with Crippen molar-refractivity contribution in [3.63, 3.8) is 0 Å². The fourth-order valence-electron chi connectivity index (χ4n) is 4.32. The van der Waals surface area contributed by atoms with Crippen molar-refractivity contribution in [2.75, 3.05) is 37.8 Å². The molecule has 3 fully saturated rings. The molecule has 0 unspecified atom stereocenters. The summed E-state index contributed by atoms with van der Waals surface area (Å²) in [7, 11) is 0. The second-order valence-corrected chi connectivity index (χ2v) is 8.16. The molecule has 4 heterocycles. The molecule has 1 aromatic carbocycles. The van der Waals surface area contributed by atoms with Gasteiger partial charge in [-0.2, -0.15) is 0 Å². The maximum atomic E-state index is 5.81. The number of hydrogen-bond acceptors (Lipinski definition) is 5. The van der Waals surface area contributed by atoms with Gasteiger partial charge in [-0.15, -0.1) is 5.10 Å². The zero-order valence-electron chi connectivity index (χ0n) is 15.4. The summed E-state index contributed by atoms with van der Waals surface area (Å²) in [6.45, 7) is 7.90. The number of hydrogen-bond donors (Lipinski definition) is 0. The summed E-state index contributed by atoms with van der Waals surface area (Å²) in [4.78, 5) is 2.44. The predicted molar refractivity (Wildman–Crippen MR) is 99.3 cm³/mol. The van der Waals surface area contributed by atoms with Crippen LogP contribution in [0.4, 0.5) is 5.69 Å². The van der Waals surface area contributed by atoms with Gasteiger partial charge in [0.25, 0.3) is 0 Å². The third-order valence-corrected chi connectivity index (χ3v) is 5.92. The van der Waals surface area contributed by atoms with Crippen LogP contribution in [-0.2, 0) is 16.0 Å².